The van der Waals surface area contributed by atoms with Crippen molar-refractivity contribution in [3.63, 3.8) is 0 Å². The van der Waals surface area contributed by atoms with Gasteiger partial charge in [-0.2, -0.15) is 0 Å². The fourth-order valence-corrected chi connectivity index (χ4v) is 4.80. The number of Topliss-reactive ketones (excluding diaryl/α,β-unsaturated/α-hetero) is 1. The highest BCUT2D eigenvalue weighted by Crippen LogP contribution is 2.56. The molecule has 0 N–H and O–H groups in total. The molecule has 0 radical (unpaired) electrons. The van der Waals surface area contributed by atoms with Crippen LogP contribution in [0.15, 0.2) is 24.3 Å². The summed E-state index contributed by atoms with van der Waals surface area (Å²) in [5, 5.41) is 10.6. The Morgan fingerprint density at radius 3 is 2.18 bits per heavy atom. The van der Waals surface area contributed by atoms with E-state index in [0.29, 0.717) is 0 Å². The predicted molar refractivity (Wildman–Crippen MR) is 92.9 cm³/mol. The molecule has 4 rings (SSSR count). The minimum atomic E-state index is -0.829. The third-order valence-corrected chi connectivity index (χ3v) is 6.07. The Balaban J connectivity index is 1.32. The van der Waals surface area contributed by atoms with Crippen LogP contribution in [0.4, 0.5) is 5.69 Å². The smallest absolute Gasteiger partial charge is 0.326 e. The molecule has 1 aromatic rings. The van der Waals surface area contributed by atoms with Crippen molar-refractivity contribution in [3.8, 4) is 0 Å². The average Bonchev–Trinajstić information content (AvgIpc) is 3.36. The van der Waals surface area contributed by atoms with Gasteiger partial charge in [-0.3, -0.25) is 34.2 Å². The van der Waals surface area contributed by atoms with Crippen LogP contribution >= 0.6 is 0 Å². The summed E-state index contributed by atoms with van der Waals surface area (Å²) in [6.07, 6.45) is 2.81. The molecular formula is C19H18N2O7. The van der Waals surface area contributed by atoms with E-state index in [4.69, 9.17) is 4.74 Å². The van der Waals surface area contributed by atoms with Crippen LogP contribution < -0.4 is 0 Å². The molecule has 0 aromatic heterocycles. The molecule has 3 aliphatic rings. The molecule has 2 saturated carbocycles. The Hall–Kier alpha value is -3.10. The van der Waals surface area contributed by atoms with Gasteiger partial charge in [0.25, 0.3) is 5.69 Å². The number of imide groups is 1. The number of carbonyl (C=O) groups is 4. The molecule has 28 heavy (non-hydrogen) atoms. The van der Waals surface area contributed by atoms with E-state index in [9.17, 15) is 29.3 Å². The van der Waals surface area contributed by atoms with Crippen LogP contribution in [0.5, 0.6) is 0 Å². The number of non-ortho nitro benzene ring substituents is 1. The number of esters is 1. The number of nitro benzene ring substituents is 1. The van der Waals surface area contributed by atoms with Crippen molar-refractivity contribution in [2.24, 2.45) is 23.7 Å². The summed E-state index contributed by atoms with van der Waals surface area (Å²) in [5.74, 6) is -2.11. The third-order valence-electron chi connectivity index (χ3n) is 6.07. The number of ketones is 1. The van der Waals surface area contributed by atoms with Crippen LogP contribution in [0.1, 0.15) is 29.6 Å². The van der Waals surface area contributed by atoms with Crippen molar-refractivity contribution < 1.29 is 28.8 Å². The van der Waals surface area contributed by atoms with Gasteiger partial charge < -0.3 is 4.74 Å². The minimum Gasteiger partial charge on any atom is -0.456 e. The van der Waals surface area contributed by atoms with E-state index in [-0.39, 0.29) is 46.7 Å². The standard InChI is InChI=1S/C19H18N2O7/c22-14(10-3-5-13(6-4-10)21(26)27)9-28-15(23)8-20-18(24)16-11-1-2-12(7-11)17(16)19(20)25/h3-6,11-12,16-17H,1-2,7-9H2/t11-,12-,16+,17+/m0/s1. The molecule has 1 aliphatic heterocycles. The summed E-state index contributed by atoms with van der Waals surface area (Å²) in [5.41, 5.74) is 0.0111. The van der Waals surface area contributed by atoms with Gasteiger partial charge in [-0.15, -0.1) is 0 Å². The summed E-state index contributed by atoms with van der Waals surface area (Å²) < 4.78 is 4.92. The number of nitro groups is 1. The van der Waals surface area contributed by atoms with Gasteiger partial charge in [0.1, 0.15) is 6.54 Å². The molecule has 2 bridgehead atoms. The molecule has 9 heteroatoms. The largest absolute Gasteiger partial charge is 0.456 e. The van der Waals surface area contributed by atoms with Crippen molar-refractivity contribution >= 4 is 29.3 Å². The third kappa shape index (κ3) is 2.96. The molecule has 1 heterocycles. The Labute approximate surface area is 159 Å². The summed E-state index contributed by atoms with van der Waals surface area (Å²) >= 11 is 0. The van der Waals surface area contributed by atoms with Gasteiger partial charge in [0, 0.05) is 17.7 Å². The van der Waals surface area contributed by atoms with Crippen LogP contribution in [0.3, 0.4) is 0 Å². The van der Waals surface area contributed by atoms with Crippen molar-refractivity contribution in [2.75, 3.05) is 13.2 Å². The second-order valence-electron chi connectivity index (χ2n) is 7.54. The highest BCUT2D eigenvalue weighted by molar-refractivity contribution is 6.08. The monoisotopic (exact) mass is 386 g/mol. The number of nitrogens with zero attached hydrogens (tertiary/aromatic N) is 2. The normalized spacial score (nSPS) is 27.8. The summed E-state index contributed by atoms with van der Waals surface area (Å²) in [4.78, 5) is 60.2. The number of ether oxygens (including phenoxy) is 1. The first kappa shape index (κ1) is 18.3. The molecular weight excluding hydrogens is 368 g/mol. The lowest BCUT2D eigenvalue weighted by Gasteiger charge is -2.19. The molecule has 0 unspecified atom stereocenters. The first-order chi connectivity index (χ1) is 13.4. The second-order valence-corrected chi connectivity index (χ2v) is 7.54. The lowest BCUT2D eigenvalue weighted by Crippen LogP contribution is -2.38. The molecule has 3 fully saturated rings. The molecule has 2 aliphatic carbocycles. The van der Waals surface area contributed by atoms with Crippen LogP contribution in [-0.2, 0) is 19.1 Å². The lowest BCUT2D eigenvalue weighted by atomic mass is 9.81. The van der Waals surface area contributed by atoms with Crippen LogP contribution in [0.2, 0.25) is 0 Å². The zero-order chi connectivity index (χ0) is 20.0. The maximum absolute atomic E-state index is 12.5. The number of likely N-dealkylation sites (tertiary alicyclic amines) is 1. The highest BCUT2D eigenvalue weighted by Gasteiger charge is 2.61. The fourth-order valence-electron chi connectivity index (χ4n) is 4.80. The van der Waals surface area contributed by atoms with Crippen LogP contribution in [0, 0.1) is 33.8 Å². The van der Waals surface area contributed by atoms with Gasteiger partial charge in [0.2, 0.25) is 11.8 Å². The molecule has 146 valence electrons. The SMILES string of the molecule is O=C(CN1C(=O)[C@@H]2[C@H]3CC[C@@H](C3)[C@H]2C1=O)OCC(=O)c1ccc([N+](=O)[O-])cc1. The van der Waals surface area contributed by atoms with E-state index in [0.717, 1.165) is 24.2 Å². The summed E-state index contributed by atoms with van der Waals surface area (Å²) in [6.45, 7) is -1.05. The first-order valence-corrected chi connectivity index (χ1v) is 9.15. The summed E-state index contributed by atoms with van der Waals surface area (Å²) in [7, 11) is 0. The van der Waals surface area contributed by atoms with Gasteiger partial charge >= 0.3 is 5.97 Å². The Morgan fingerprint density at radius 2 is 1.64 bits per heavy atom. The van der Waals surface area contributed by atoms with Gasteiger partial charge in [-0.25, -0.2) is 0 Å². The fraction of sp³-hybridized carbons (Fsp3) is 0.474. The minimum absolute atomic E-state index is 0.154. The molecule has 4 atom stereocenters. The van der Waals surface area contributed by atoms with Crippen LogP contribution in [0.25, 0.3) is 0 Å². The van der Waals surface area contributed by atoms with E-state index in [1.165, 1.54) is 24.3 Å². The molecule has 1 aromatic carbocycles. The number of hydrogen-bond acceptors (Lipinski definition) is 7. The zero-order valence-corrected chi connectivity index (χ0v) is 14.9. The lowest BCUT2D eigenvalue weighted by molar-refractivity contribution is -0.384. The second kappa shape index (κ2) is 6.81. The van der Waals surface area contributed by atoms with E-state index >= 15 is 0 Å². The van der Waals surface area contributed by atoms with Gasteiger partial charge in [-0.1, -0.05) is 0 Å². The van der Waals surface area contributed by atoms with Crippen molar-refractivity contribution in [1.29, 1.82) is 0 Å². The molecule has 1 saturated heterocycles. The maximum Gasteiger partial charge on any atom is 0.326 e. The van der Waals surface area contributed by atoms with Gasteiger partial charge in [0.15, 0.2) is 12.4 Å². The summed E-state index contributed by atoms with van der Waals surface area (Å²) in [6, 6.07) is 4.92. The van der Waals surface area contributed by atoms with Crippen molar-refractivity contribution in [2.45, 2.75) is 19.3 Å². The Morgan fingerprint density at radius 1 is 1.07 bits per heavy atom. The highest BCUT2D eigenvalue weighted by atomic mass is 16.6. The molecule has 2 amide bonds. The van der Waals surface area contributed by atoms with E-state index < -0.39 is 29.8 Å². The zero-order valence-electron chi connectivity index (χ0n) is 14.9. The number of benzene rings is 1. The Bertz CT molecular complexity index is 851. The average molecular weight is 386 g/mol. The van der Waals surface area contributed by atoms with Gasteiger partial charge in [-0.05, 0) is 43.2 Å². The first-order valence-electron chi connectivity index (χ1n) is 9.15. The van der Waals surface area contributed by atoms with Crippen LogP contribution in [-0.4, -0.2) is 46.5 Å². The maximum atomic E-state index is 12.5. The quantitative estimate of drug-likeness (QED) is 0.238. The van der Waals surface area contributed by atoms with Crippen molar-refractivity contribution in [1.82, 2.24) is 4.90 Å². The van der Waals surface area contributed by atoms with Gasteiger partial charge in [0.05, 0.1) is 16.8 Å². The molecule has 9 nitrogen and oxygen atoms in total. The molecule has 0 spiro atoms. The number of carbonyl (C=O) groups excluding carboxylic acids is 4. The Kier molecular flexibility index (Phi) is 4.44. The number of hydrogen-bond donors (Lipinski definition) is 0. The van der Waals surface area contributed by atoms with Crippen molar-refractivity contribution in [3.05, 3.63) is 39.9 Å². The van der Waals surface area contributed by atoms with E-state index in [2.05, 4.69) is 0 Å². The number of amides is 2. The predicted octanol–water partition coefficient (Wildman–Crippen LogP) is 1.35. The topological polar surface area (TPSA) is 124 Å². The van der Waals surface area contributed by atoms with E-state index in [1.54, 1.807) is 0 Å². The van der Waals surface area contributed by atoms with E-state index in [1.807, 2.05) is 0 Å². The number of rotatable bonds is 6. The number of fused-ring (bicyclic) bond motifs is 5.